The topological polar surface area (TPSA) is 141 Å². The van der Waals surface area contributed by atoms with Gasteiger partial charge in [-0.2, -0.15) is 5.26 Å². The quantitative estimate of drug-likeness (QED) is 0.385. The zero-order valence-electron chi connectivity index (χ0n) is 16.7. The number of carbonyl (C=O) groups is 2. The molecule has 30 heavy (non-hydrogen) atoms. The van der Waals surface area contributed by atoms with Crippen molar-refractivity contribution in [2.75, 3.05) is 19.8 Å². The standard InChI is InChI=1S/C20H21IN2O7/c1-4-27-14-7-11(6-13(21)18(14)29-9-15(24)25)17-12(8-22)19(23)30-10(3)16(17)20(26)28-5-2/h6-7,17H,4-5,9,23H2,1-3H3,(H,24,25). The Balaban J connectivity index is 2.67. The first-order valence-corrected chi connectivity index (χ1v) is 10.1. The van der Waals surface area contributed by atoms with Crippen molar-refractivity contribution in [2.24, 2.45) is 5.73 Å². The van der Waals surface area contributed by atoms with Gasteiger partial charge in [-0.15, -0.1) is 0 Å². The third-order valence-corrected chi connectivity index (χ3v) is 4.91. The van der Waals surface area contributed by atoms with Gasteiger partial charge in [0.2, 0.25) is 5.88 Å². The molecule has 160 valence electrons. The van der Waals surface area contributed by atoms with Gasteiger partial charge in [0.15, 0.2) is 18.1 Å². The van der Waals surface area contributed by atoms with Gasteiger partial charge in [-0.25, -0.2) is 9.59 Å². The highest BCUT2D eigenvalue weighted by Crippen LogP contribution is 2.44. The minimum absolute atomic E-state index is 0.0566. The molecule has 0 saturated carbocycles. The Morgan fingerprint density at radius 1 is 1.30 bits per heavy atom. The zero-order chi connectivity index (χ0) is 22.4. The number of carboxylic acid groups (broad SMARTS) is 1. The van der Waals surface area contributed by atoms with Gasteiger partial charge in [0.05, 0.1) is 28.3 Å². The number of nitrogens with zero attached hydrogens (tertiary/aromatic N) is 1. The molecule has 1 aliphatic rings. The van der Waals surface area contributed by atoms with E-state index in [0.29, 0.717) is 15.7 Å². The van der Waals surface area contributed by atoms with Crippen LogP contribution in [0.2, 0.25) is 0 Å². The van der Waals surface area contributed by atoms with Crippen molar-refractivity contribution in [2.45, 2.75) is 26.7 Å². The number of allylic oxidation sites excluding steroid dienone is 2. The molecule has 1 aliphatic heterocycles. The van der Waals surface area contributed by atoms with Crippen LogP contribution in [-0.4, -0.2) is 36.9 Å². The molecule has 9 nitrogen and oxygen atoms in total. The van der Waals surface area contributed by atoms with Crippen LogP contribution in [0.5, 0.6) is 11.5 Å². The van der Waals surface area contributed by atoms with Gasteiger partial charge < -0.3 is 29.8 Å². The molecule has 0 radical (unpaired) electrons. The van der Waals surface area contributed by atoms with Gasteiger partial charge in [0.1, 0.15) is 17.4 Å². The largest absolute Gasteiger partial charge is 0.490 e. The summed E-state index contributed by atoms with van der Waals surface area (Å²) in [7, 11) is 0. The van der Waals surface area contributed by atoms with Crippen LogP contribution in [-0.2, 0) is 19.1 Å². The molecule has 1 atom stereocenters. The Hall–Kier alpha value is -2.94. The molecule has 0 saturated heterocycles. The second-order valence-electron chi connectivity index (χ2n) is 6.06. The average molecular weight is 528 g/mol. The normalized spacial score (nSPS) is 15.9. The number of carbonyl (C=O) groups excluding carboxylic acids is 1. The molecule has 0 bridgehead atoms. The lowest BCUT2D eigenvalue weighted by Gasteiger charge is -2.27. The van der Waals surface area contributed by atoms with Crippen LogP contribution in [0.15, 0.2) is 34.9 Å². The maximum Gasteiger partial charge on any atom is 0.341 e. The van der Waals surface area contributed by atoms with Crippen molar-refractivity contribution in [3.05, 3.63) is 44.1 Å². The van der Waals surface area contributed by atoms with E-state index in [1.54, 1.807) is 32.9 Å². The molecular weight excluding hydrogens is 507 g/mol. The first-order chi connectivity index (χ1) is 14.2. The summed E-state index contributed by atoms with van der Waals surface area (Å²) in [6.07, 6.45) is 0. The van der Waals surface area contributed by atoms with Gasteiger partial charge in [0.25, 0.3) is 0 Å². The van der Waals surface area contributed by atoms with E-state index in [9.17, 15) is 14.9 Å². The average Bonchev–Trinajstić information content (AvgIpc) is 2.66. The number of rotatable bonds is 8. The monoisotopic (exact) mass is 528 g/mol. The summed E-state index contributed by atoms with van der Waals surface area (Å²) in [6, 6.07) is 5.28. The number of ether oxygens (including phenoxy) is 4. The third-order valence-electron chi connectivity index (χ3n) is 4.11. The molecule has 2 rings (SSSR count). The van der Waals surface area contributed by atoms with E-state index in [0.717, 1.165) is 0 Å². The van der Waals surface area contributed by atoms with E-state index < -0.39 is 24.5 Å². The fourth-order valence-electron chi connectivity index (χ4n) is 2.98. The molecule has 1 aromatic carbocycles. The lowest BCUT2D eigenvalue weighted by molar-refractivity contribution is -0.140. The van der Waals surface area contributed by atoms with Crippen LogP contribution in [0.3, 0.4) is 0 Å². The molecular formula is C20H21IN2O7. The van der Waals surface area contributed by atoms with Crippen molar-refractivity contribution in [3.8, 4) is 17.6 Å². The summed E-state index contributed by atoms with van der Waals surface area (Å²) in [5, 5.41) is 18.6. The number of benzene rings is 1. The Morgan fingerprint density at radius 3 is 2.57 bits per heavy atom. The van der Waals surface area contributed by atoms with Gasteiger partial charge in [-0.05, 0) is 61.1 Å². The van der Waals surface area contributed by atoms with Crippen LogP contribution in [0.25, 0.3) is 0 Å². The summed E-state index contributed by atoms with van der Waals surface area (Å²) in [5.74, 6) is -1.94. The number of hydrogen-bond donors (Lipinski definition) is 2. The van der Waals surface area contributed by atoms with Crippen LogP contribution >= 0.6 is 22.6 Å². The number of nitriles is 1. The predicted molar refractivity (Wildman–Crippen MR) is 113 cm³/mol. The molecule has 0 amide bonds. The SMILES string of the molecule is CCOC(=O)C1=C(C)OC(N)=C(C#N)C1c1cc(I)c(OCC(=O)O)c(OCC)c1. The van der Waals surface area contributed by atoms with Crippen LogP contribution in [0.1, 0.15) is 32.3 Å². The van der Waals surface area contributed by atoms with Gasteiger partial charge >= 0.3 is 11.9 Å². The molecule has 0 fully saturated rings. The highest BCUT2D eigenvalue weighted by atomic mass is 127. The fourth-order valence-corrected chi connectivity index (χ4v) is 3.76. The Labute approximate surface area is 187 Å². The molecule has 10 heteroatoms. The van der Waals surface area contributed by atoms with E-state index in [2.05, 4.69) is 0 Å². The molecule has 1 unspecified atom stereocenters. The molecule has 0 aromatic heterocycles. The Kier molecular flexibility index (Phi) is 7.93. The van der Waals surface area contributed by atoms with E-state index in [1.165, 1.54) is 0 Å². The highest BCUT2D eigenvalue weighted by Gasteiger charge is 2.37. The first-order valence-electron chi connectivity index (χ1n) is 9.01. The van der Waals surface area contributed by atoms with E-state index >= 15 is 0 Å². The highest BCUT2D eigenvalue weighted by molar-refractivity contribution is 14.1. The van der Waals surface area contributed by atoms with Crippen molar-refractivity contribution in [1.29, 1.82) is 5.26 Å². The zero-order valence-corrected chi connectivity index (χ0v) is 18.8. The maximum absolute atomic E-state index is 12.6. The molecule has 0 aliphatic carbocycles. The van der Waals surface area contributed by atoms with E-state index in [1.807, 2.05) is 28.7 Å². The molecule has 1 aromatic rings. The minimum Gasteiger partial charge on any atom is -0.490 e. The minimum atomic E-state index is -1.13. The number of hydrogen-bond acceptors (Lipinski definition) is 8. The number of nitrogens with two attached hydrogens (primary N) is 1. The van der Waals surface area contributed by atoms with Crippen molar-refractivity contribution in [1.82, 2.24) is 0 Å². The van der Waals surface area contributed by atoms with Gasteiger partial charge in [0, 0.05) is 0 Å². The molecule has 0 spiro atoms. The lowest BCUT2D eigenvalue weighted by Crippen LogP contribution is -2.25. The summed E-state index contributed by atoms with van der Waals surface area (Å²) in [4.78, 5) is 23.5. The second-order valence-corrected chi connectivity index (χ2v) is 7.22. The van der Waals surface area contributed by atoms with Crippen LogP contribution < -0.4 is 15.2 Å². The smallest absolute Gasteiger partial charge is 0.341 e. The summed E-state index contributed by atoms with van der Waals surface area (Å²) in [6.45, 7) is 4.90. The third kappa shape index (κ3) is 4.96. The van der Waals surface area contributed by atoms with Crippen LogP contribution in [0.4, 0.5) is 0 Å². The Morgan fingerprint density at radius 2 is 2.00 bits per heavy atom. The predicted octanol–water partition coefficient (Wildman–Crippen LogP) is 2.80. The lowest BCUT2D eigenvalue weighted by atomic mass is 9.83. The summed E-state index contributed by atoms with van der Waals surface area (Å²) in [5.41, 5.74) is 6.65. The van der Waals surface area contributed by atoms with E-state index in [-0.39, 0.29) is 40.9 Å². The first kappa shape index (κ1) is 23.3. The number of esters is 1. The van der Waals surface area contributed by atoms with Crippen molar-refractivity contribution >= 4 is 34.5 Å². The maximum atomic E-state index is 12.6. The Bertz CT molecular complexity index is 963. The van der Waals surface area contributed by atoms with Gasteiger partial charge in [-0.3, -0.25) is 0 Å². The fraction of sp³-hybridized carbons (Fsp3) is 0.350. The van der Waals surface area contributed by atoms with E-state index in [4.69, 9.17) is 29.8 Å². The number of carboxylic acids is 1. The van der Waals surface area contributed by atoms with Crippen molar-refractivity contribution in [3.63, 3.8) is 0 Å². The summed E-state index contributed by atoms with van der Waals surface area (Å²) < 4.78 is 22.1. The number of halogens is 1. The number of aliphatic carboxylic acids is 1. The molecule has 3 N–H and O–H groups in total. The van der Waals surface area contributed by atoms with Crippen molar-refractivity contribution < 1.29 is 33.6 Å². The second kappa shape index (κ2) is 10.2. The van der Waals surface area contributed by atoms with Gasteiger partial charge in [-0.1, -0.05) is 0 Å². The summed E-state index contributed by atoms with van der Waals surface area (Å²) >= 11 is 1.97. The molecule has 1 heterocycles. The van der Waals surface area contributed by atoms with Crippen LogP contribution in [0, 0.1) is 14.9 Å².